The summed E-state index contributed by atoms with van der Waals surface area (Å²) in [7, 11) is 0. The van der Waals surface area contributed by atoms with Crippen LogP contribution in [0, 0.1) is 0 Å². The number of halogens is 5. The van der Waals surface area contributed by atoms with Crippen LogP contribution < -0.4 is 0 Å². The highest BCUT2D eigenvalue weighted by atomic mass is 79.9. The first-order valence-corrected chi connectivity index (χ1v) is 7.82. The van der Waals surface area contributed by atoms with Crippen LogP contribution in [0.5, 0.6) is 0 Å². The van der Waals surface area contributed by atoms with Crippen molar-refractivity contribution in [2.45, 2.75) is 4.83 Å². The van der Waals surface area contributed by atoms with Crippen molar-refractivity contribution >= 4 is 79.6 Å². The lowest BCUT2D eigenvalue weighted by Gasteiger charge is -2.09. The van der Waals surface area contributed by atoms with Crippen LogP contribution in [0.3, 0.4) is 0 Å². The molecule has 0 N–H and O–H groups in total. The zero-order valence-electron chi connectivity index (χ0n) is 6.33. The van der Waals surface area contributed by atoms with Crippen LogP contribution in [0.25, 0.3) is 0 Å². The Bertz CT molecular complexity index is 286. The summed E-state index contributed by atoms with van der Waals surface area (Å²) in [4.78, 5) is 0.341. The lowest BCUT2D eigenvalue weighted by molar-refractivity contribution is 1.14. The van der Waals surface area contributed by atoms with Crippen LogP contribution in [0.1, 0.15) is 10.4 Å². The third kappa shape index (κ3) is 3.30. The molecule has 1 rings (SSSR count). The van der Waals surface area contributed by atoms with Gasteiger partial charge in [-0.15, -0.1) is 0 Å². The zero-order chi connectivity index (χ0) is 10.0. The molecule has 0 aliphatic rings. The van der Waals surface area contributed by atoms with E-state index in [0.29, 0.717) is 4.83 Å². The van der Waals surface area contributed by atoms with Crippen LogP contribution in [-0.2, 0) is 0 Å². The quantitative estimate of drug-likeness (QED) is 0.355. The molecule has 0 saturated carbocycles. The summed E-state index contributed by atoms with van der Waals surface area (Å²) in [5.74, 6) is 0. The summed E-state index contributed by atoms with van der Waals surface area (Å²) in [6.45, 7) is 0. The minimum Gasteiger partial charge on any atom is -0.0912 e. The monoisotopic (exact) mass is 496 g/mol. The molecule has 72 valence electrons. The highest BCUT2D eigenvalue weighted by Gasteiger charge is 2.10. The molecule has 0 aromatic heterocycles. The first-order valence-electron chi connectivity index (χ1n) is 3.40. The number of alkyl halides is 2. The number of hydrogen-bond donors (Lipinski definition) is 0. The average molecular weight is 501 g/mol. The van der Waals surface area contributed by atoms with Gasteiger partial charge in [0.25, 0.3) is 0 Å². The van der Waals surface area contributed by atoms with Crippen molar-refractivity contribution in [3.8, 4) is 0 Å². The first-order chi connectivity index (χ1) is 6.06. The molecular weight excluding hydrogens is 496 g/mol. The van der Waals surface area contributed by atoms with Gasteiger partial charge in [0.15, 0.2) is 0 Å². The van der Waals surface area contributed by atoms with Gasteiger partial charge in [0.2, 0.25) is 0 Å². The fourth-order valence-corrected chi connectivity index (χ4v) is 2.93. The number of rotatable bonds is 2. The molecule has 1 aromatic carbocycles. The Hall–Kier alpha value is 1.62. The van der Waals surface area contributed by atoms with Gasteiger partial charge >= 0.3 is 0 Å². The second kappa shape index (κ2) is 5.64. The Morgan fingerprint density at radius 3 is 1.92 bits per heavy atom. The maximum atomic E-state index is 3.57. The standard InChI is InChI=1S/C8H5Br5/c9-3-7(12)4-1-5(10)8(13)6(11)2-4/h1-2,7H,3H2. The third-order valence-corrected chi connectivity index (χ3v) is 7.04. The molecule has 1 aromatic rings. The van der Waals surface area contributed by atoms with E-state index < -0.39 is 0 Å². The molecule has 0 saturated heterocycles. The summed E-state index contributed by atoms with van der Waals surface area (Å²) >= 11 is 17.4. The zero-order valence-corrected chi connectivity index (χ0v) is 14.3. The van der Waals surface area contributed by atoms with Gasteiger partial charge in [-0.3, -0.25) is 0 Å². The minimum atomic E-state index is 0.341. The molecule has 0 nitrogen and oxygen atoms in total. The lowest BCUT2D eigenvalue weighted by Crippen LogP contribution is -1.91. The van der Waals surface area contributed by atoms with Gasteiger partial charge in [0, 0.05) is 23.6 Å². The topological polar surface area (TPSA) is 0 Å². The summed E-state index contributed by atoms with van der Waals surface area (Å²) in [6, 6.07) is 4.19. The molecule has 0 bridgehead atoms. The van der Waals surface area contributed by atoms with Crippen molar-refractivity contribution in [1.29, 1.82) is 0 Å². The Kier molecular flexibility index (Phi) is 5.50. The predicted octanol–water partition coefficient (Wildman–Crippen LogP) is 5.81. The smallest absolute Gasteiger partial charge is 0.0492 e. The molecule has 5 heteroatoms. The van der Waals surface area contributed by atoms with E-state index in [1.54, 1.807) is 0 Å². The summed E-state index contributed by atoms with van der Waals surface area (Å²) in [5, 5.41) is 0.896. The molecule has 0 aliphatic carbocycles. The van der Waals surface area contributed by atoms with Gasteiger partial charge in [0.1, 0.15) is 0 Å². The van der Waals surface area contributed by atoms with Gasteiger partial charge in [-0.2, -0.15) is 0 Å². The van der Waals surface area contributed by atoms with Crippen LogP contribution in [-0.4, -0.2) is 5.33 Å². The number of hydrogen-bond acceptors (Lipinski definition) is 0. The van der Waals surface area contributed by atoms with E-state index in [1.807, 2.05) is 0 Å². The van der Waals surface area contributed by atoms with Crippen molar-refractivity contribution in [2.75, 3.05) is 5.33 Å². The molecule has 13 heavy (non-hydrogen) atoms. The van der Waals surface area contributed by atoms with Crippen molar-refractivity contribution in [3.63, 3.8) is 0 Å². The van der Waals surface area contributed by atoms with E-state index in [4.69, 9.17) is 0 Å². The van der Waals surface area contributed by atoms with Crippen molar-refractivity contribution in [2.24, 2.45) is 0 Å². The van der Waals surface area contributed by atoms with E-state index in [0.717, 1.165) is 18.7 Å². The van der Waals surface area contributed by atoms with E-state index in [2.05, 4.69) is 91.8 Å². The highest BCUT2D eigenvalue weighted by Crippen LogP contribution is 2.36. The Labute approximate surface area is 119 Å². The van der Waals surface area contributed by atoms with E-state index >= 15 is 0 Å². The molecule has 1 atom stereocenters. The highest BCUT2D eigenvalue weighted by molar-refractivity contribution is 9.14. The Morgan fingerprint density at radius 1 is 1.08 bits per heavy atom. The summed E-state index contributed by atoms with van der Waals surface area (Å²) in [6.07, 6.45) is 0. The molecule has 0 radical (unpaired) electrons. The molecule has 0 fully saturated rings. The fraction of sp³-hybridized carbons (Fsp3) is 0.250. The van der Waals surface area contributed by atoms with Gasteiger partial charge in [-0.1, -0.05) is 31.9 Å². The van der Waals surface area contributed by atoms with Crippen molar-refractivity contribution < 1.29 is 0 Å². The van der Waals surface area contributed by atoms with Gasteiger partial charge in [-0.05, 0) is 65.5 Å². The molecule has 0 spiro atoms. The first kappa shape index (κ1) is 12.7. The Balaban J connectivity index is 3.13. The van der Waals surface area contributed by atoms with Gasteiger partial charge in [-0.25, -0.2) is 0 Å². The predicted molar refractivity (Wildman–Crippen MR) is 75.0 cm³/mol. The van der Waals surface area contributed by atoms with Gasteiger partial charge < -0.3 is 0 Å². The largest absolute Gasteiger partial charge is 0.0912 e. The SMILES string of the molecule is BrCC(Br)c1cc(Br)c(Br)c(Br)c1. The average Bonchev–Trinajstić information content (AvgIpc) is 2.12. The summed E-state index contributed by atoms with van der Waals surface area (Å²) in [5.41, 5.74) is 1.24. The molecule has 0 amide bonds. The lowest BCUT2D eigenvalue weighted by atomic mass is 10.2. The van der Waals surface area contributed by atoms with Crippen LogP contribution in [0.15, 0.2) is 25.6 Å². The minimum absolute atomic E-state index is 0.341. The maximum absolute atomic E-state index is 3.57. The molecule has 0 heterocycles. The molecular formula is C8H5Br5. The number of benzene rings is 1. The van der Waals surface area contributed by atoms with Crippen LogP contribution >= 0.6 is 79.6 Å². The maximum Gasteiger partial charge on any atom is 0.0492 e. The van der Waals surface area contributed by atoms with E-state index in [-0.39, 0.29) is 0 Å². The normalized spacial score (nSPS) is 13.0. The van der Waals surface area contributed by atoms with Crippen LogP contribution in [0.2, 0.25) is 0 Å². The molecule has 1 unspecified atom stereocenters. The summed E-state index contributed by atoms with van der Waals surface area (Å²) < 4.78 is 3.16. The van der Waals surface area contributed by atoms with Crippen molar-refractivity contribution in [1.82, 2.24) is 0 Å². The second-order valence-electron chi connectivity index (χ2n) is 2.42. The molecule has 0 aliphatic heterocycles. The Morgan fingerprint density at radius 2 is 1.54 bits per heavy atom. The van der Waals surface area contributed by atoms with E-state index in [9.17, 15) is 0 Å². The van der Waals surface area contributed by atoms with Gasteiger partial charge in [0.05, 0.1) is 0 Å². The van der Waals surface area contributed by atoms with Crippen molar-refractivity contribution in [3.05, 3.63) is 31.1 Å². The fourth-order valence-electron chi connectivity index (χ4n) is 0.845. The second-order valence-corrected chi connectivity index (χ2v) is 6.67. The van der Waals surface area contributed by atoms with E-state index in [1.165, 1.54) is 5.56 Å². The third-order valence-electron chi connectivity index (χ3n) is 1.50. The van der Waals surface area contributed by atoms with Crippen LogP contribution in [0.4, 0.5) is 0 Å².